The van der Waals surface area contributed by atoms with Crippen LogP contribution in [-0.2, 0) is 32.5 Å². The lowest BCUT2D eigenvalue weighted by molar-refractivity contribution is -0.115. The molecule has 10 nitrogen and oxygen atoms in total. The van der Waals surface area contributed by atoms with E-state index in [4.69, 9.17) is 83.2 Å². The molecule has 0 atom stereocenters. The van der Waals surface area contributed by atoms with Gasteiger partial charge in [-0.1, -0.05) is 124 Å². The maximum absolute atomic E-state index is 14.2. The molecule has 0 aliphatic rings. The Labute approximate surface area is 281 Å². The van der Waals surface area contributed by atoms with E-state index in [2.05, 4.69) is 16.0 Å². The van der Waals surface area contributed by atoms with Gasteiger partial charge in [0, 0.05) is 17.1 Å². The first-order valence-corrected chi connectivity index (χ1v) is 15.5. The number of halogens is 6. The predicted octanol–water partition coefficient (Wildman–Crippen LogP) is 9.00. The molecule has 0 aliphatic heterocycles. The largest absolute Gasteiger partial charge is 0.647 e. The van der Waals surface area contributed by atoms with Gasteiger partial charge in [0.05, 0.1) is 0 Å². The summed E-state index contributed by atoms with van der Waals surface area (Å²) >= 11 is 35.3. The third kappa shape index (κ3) is 10.7. The summed E-state index contributed by atoms with van der Waals surface area (Å²) < 4.78 is 27.3. The number of anilines is 3. The molecule has 17 heteroatoms. The molecule has 0 saturated carbocycles. The zero-order chi connectivity index (χ0) is 32.3. The predicted molar refractivity (Wildman–Crippen MR) is 172 cm³/mol. The Kier molecular flexibility index (Phi) is 13.3. The van der Waals surface area contributed by atoms with Crippen LogP contribution in [0.15, 0.2) is 122 Å². The molecule has 3 N–H and O–H groups in total. The lowest BCUT2D eigenvalue weighted by Gasteiger charge is -2.22. The Morgan fingerprint density at radius 3 is 0.886 bits per heavy atom. The molecule has 0 spiro atoms. The van der Waals surface area contributed by atoms with Crippen LogP contribution in [0.1, 0.15) is 0 Å². The summed E-state index contributed by atoms with van der Waals surface area (Å²) in [5.41, 5.74) is 0.759. The van der Waals surface area contributed by atoms with Gasteiger partial charge in [0.2, 0.25) is 17.3 Å². The molecule has 0 bridgehead atoms. The minimum atomic E-state index is -5.49. The molecule has 0 aromatic heterocycles. The lowest BCUT2D eigenvalue weighted by atomic mass is 10.3. The monoisotopic (exact) mass is 737 g/mol. The van der Waals surface area contributed by atoms with Crippen LogP contribution in [0.3, 0.4) is 0 Å². The Morgan fingerprint density at radius 1 is 0.455 bits per heavy atom. The molecule has 0 radical (unpaired) electrons. The second-order valence-corrected chi connectivity index (χ2v) is 12.2. The number of hydrogen-bond acceptors (Lipinski definition) is 7. The second-order valence-electron chi connectivity index (χ2n) is 7.95. The van der Waals surface area contributed by atoms with Crippen molar-refractivity contribution in [1.29, 1.82) is 0 Å². The number of carbonyl (C=O) groups is 3. The van der Waals surface area contributed by atoms with Crippen molar-refractivity contribution in [1.82, 2.24) is 0 Å². The Balaban J connectivity index is 2.02. The molecular weight excluding hydrogens is 722 g/mol. The standard InChI is InChI=1S/C27H18Cl6N3O7P/c28-22(29)19(25(37)34-16-10-4-1-5-11-16)41-44(40,42-20(23(30)31)26(38)35-17-12-6-2-7-13-17)43-21(24(32)33)27(39)36-18-14-8-3-9-15-18/h1-15H,(H,34,37)(H,35,38)(H,36,39). The van der Waals surface area contributed by atoms with E-state index < -0.39 is 56.3 Å². The van der Waals surface area contributed by atoms with E-state index >= 15 is 0 Å². The Bertz CT molecular complexity index is 1450. The molecule has 3 aromatic rings. The average molecular weight is 740 g/mol. The van der Waals surface area contributed by atoms with E-state index in [-0.39, 0.29) is 17.1 Å². The molecular formula is C27H18Cl6N3O7P. The molecule has 3 aromatic carbocycles. The highest BCUT2D eigenvalue weighted by Gasteiger charge is 2.42. The Morgan fingerprint density at radius 2 is 0.682 bits per heavy atom. The number of phosphoric ester groups is 1. The van der Waals surface area contributed by atoms with Gasteiger partial charge in [0.1, 0.15) is 0 Å². The van der Waals surface area contributed by atoms with Gasteiger partial charge in [0.25, 0.3) is 17.7 Å². The molecule has 0 unspecified atom stereocenters. The summed E-state index contributed by atoms with van der Waals surface area (Å²) in [6.45, 7) is 0. The highest BCUT2D eigenvalue weighted by Crippen LogP contribution is 2.57. The number of nitrogens with one attached hydrogen (secondary N) is 3. The minimum absolute atomic E-state index is 0.253. The first-order chi connectivity index (χ1) is 20.9. The van der Waals surface area contributed by atoms with Gasteiger partial charge in [-0.2, -0.15) is 4.57 Å². The van der Waals surface area contributed by atoms with Gasteiger partial charge in [-0.05, 0) is 36.4 Å². The summed E-state index contributed by atoms with van der Waals surface area (Å²) in [7, 11) is -5.49. The molecule has 0 fully saturated rings. The number of para-hydroxylation sites is 3. The van der Waals surface area contributed by atoms with Crippen molar-refractivity contribution in [2.24, 2.45) is 0 Å². The number of benzene rings is 3. The maximum atomic E-state index is 14.2. The molecule has 0 aliphatic carbocycles. The fourth-order valence-electron chi connectivity index (χ4n) is 3.00. The lowest BCUT2D eigenvalue weighted by Crippen LogP contribution is -2.22. The van der Waals surface area contributed by atoms with Crippen LogP contribution >= 0.6 is 77.4 Å². The van der Waals surface area contributed by atoms with Gasteiger partial charge in [-0.15, -0.1) is 0 Å². The van der Waals surface area contributed by atoms with Gasteiger partial charge in [-0.25, -0.2) is 0 Å². The molecule has 44 heavy (non-hydrogen) atoms. The van der Waals surface area contributed by atoms with Crippen molar-refractivity contribution in [3.63, 3.8) is 0 Å². The van der Waals surface area contributed by atoms with E-state index in [1.165, 1.54) is 36.4 Å². The van der Waals surface area contributed by atoms with Crippen LogP contribution in [0.2, 0.25) is 0 Å². The fraction of sp³-hybridized carbons (Fsp3) is 0. The number of phosphoric acid groups is 1. The summed E-state index contributed by atoms with van der Waals surface area (Å²) in [5.74, 6) is -6.50. The molecule has 230 valence electrons. The molecule has 0 heterocycles. The first-order valence-electron chi connectivity index (χ1n) is 11.8. The van der Waals surface area contributed by atoms with Crippen molar-refractivity contribution < 1.29 is 32.5 Å². The normalized spacial score (nSPS) is 10.4. The van der Waals surface area contributed by atoms with Crippen LogP contribution in [0.4, 0.5) is 17.1 Å². The van der Waals surface area contributed by atoms with Gasteiger partial charge in [-0.3, -0.25) is 14.4 Å². The maximum Gasteiger partial charge on any atom is 0.647 e. The highest BCUT2D eigenvalue weighted by atomic mass is 35.5. The number of hydrogen-bond donors (Lipinski definition) is 3. The van der Waals surface area contributed by atoms with Crippen LogP contribution < -0.4 is 16.0 Å². The van der Waals surface area contributed by atoms with Crippen LogP contribution in [0, 0.1) is 0 Å². The van der Waals surface area contributed by atoms with Crippen LogP contribution in [0.25, 0.3) is 0 Å². The van der Waals surface area contributed by atoms with Crippen LogP contribution in [0.5, 0.6) is 0 Å². The van der Waals surface area contributed by atoms with Gasteiger partial charge < -0.3 is 29.5 Å². The summed E-state index contributed by atoms with van der Waals surface area (Å²) in [6, 6.07) is 23.7. The zero-order valence-electron chi connectivity index (χ0n) is 21.7. The quantitative estimate of drug-likeness (QED) is 0.0960. The van der Waals surface area contributed by atoms with Crippen molar-refractivity contribution in [2.75, 3.05) is 16.0 Å². The second kappa shape index (κ2) is 16.7. The summed E-state index contributed by atoms with van der Waals surface area (Å²) in [5, 5.41) is 7.20. The van der Waals surface area contributed by atoms with E-state index in [0.717, 1.165) is 0 Å². The summed E-state index contributed by atoms with van der Waals surface area (Å²) in [6.07, 6.45) is 0. The molecule has 0 saturated heterocycles. The number of amides is 3. The van der Waals surface area contributed by atoms with Crippen molar-refractivity contribution in [3.8, 4) is 0 Å². The smallest absolute Gasteiger partial charge is 0.377 e. The first kappa shape index (κ1) is 35.1. The van der Waals surface area contributed by atoms with E-state index in [0.29, 0.717) is 0 Å². The molecule has 3 amide bonds. The highest BCUT2D eigenvalue weighted by molar-refractivity contribution is 7.49. The van der Waals surface area contributed by atoms with Crippen molar-refractivity contribution in [2.45, 2.75) is 0 Å². The van der Waals surface area contributed by atoms with Gasteiger partial charge >= 0.3 is 7.82 Å². The number of rotatable bonds is 12. The van der Waals surface area contributed by atoms with Crippen molar-refractivity contribution in [3.05, 3.63) is 122 Å². The molecule has 3 rings (SSSR count). The fourth-order valence-corrected chi connectivity index (χ4v) is 5.38. The van der Waals surface area contributed by atoms with Gasteiger partial charge in [0.15, 0.2) is 13.5 Å². The van der Waals surface area contributed by atoms with E-state index in [9.17, 15) is 18.9 Å². The van der Waals surface area contributed by atoms with E-state index in [1.54, 1.807) is 54.6 Å². The summed E-state index contributed by atoms with van der Waals surface area (Å²) in [4.78, 5) is 39.1. The third-order valence-corrected chi connectivity index (χ3v) is 7.09. The minimum Gasteiger partial charge on any atom is -0.377 e. The van der Waals surface area contributed by atoms with E-state index in [1.807, 2.05) is 0 Å². The van der Waals surface area contributed by atoms with Crippen LogP contribution in [-0.4, -0.2) is 17.7 Å². The average Bonchev–Trinajstić information content (AvgIpc) is 2.98. The SMILES string of the molecule is O=C(Nc1ccccc1)C(OP(=O)(OC(C(=O)Nc1ccccc1)=C(Cl)Cl)OC(C(=O)Nc1ccccc1)=C(Cl)Cl)=C(Cl)Cl. The van der Waals surface area contributed by atoms with Crippen molar-refractivity contribution >= 4 is 112 Å². The third-order valence-electron chi connectivity index (χ3n) is 4.84. The Hall–Kier alpha value is -3.34. The zero-order valence-corrected chi connectivity index (χ0v) is 27.2. The topological polar surface area (TPSA) is 132 Å². The number of carbonyl (C=O) groups excluding carboxylic acids is 3.